The molecule has 0 bridgehead atoms. The van der Waals surface area contributed by atoms with Crippen LogP contribution in [0.25, 0.3) is 0 Å². The van der Waals surface area contributed by atoms with Crippen molar-refractivity contribution >= 4 is 29.1 Å². The van der Waals surface area contributed by atoms with E-state index in [4.69, 9.17) is 16.3 Å². The third-order valence-electron chi connectivity index (χ3n) is 7.12. The van der Waals surface area contributed by atoms with Crippen molar-refractivity contribution in [3.63, 3.8) is 0 Å². The highest BCUT2D eigenvalue weighted by Crippen LogP contribution is 2.38. The summed E-state index contributed by atoms with van der Waals surface area (Å²) in [5, 5.41) is 0.725. The van der Waals surface area contributed by atoms with Gasteiger partial charge in [0.05, 0.1) is 12.0 Å². The van der Waals surface area contributed by atoms with Crippen molar-refractivity contribution in [3.05, 3.63) is 64.7 Å². The highest BCUT2D eigenvalue weighted by Gasteiger charge is 2.46. The van der Waals surface area contributed by atoms with Gasteiger partial charge in [0.1, 0.15) is 0 Å². The Labute approximate surface area is 193 Å². The molecule has 0 aromatic heterocycles. The summed E-state index contributed by atoms with van der Waals surface area (Å²) in [5.74, 6) is 0.175. The minimum Gasteiger partial charge on any atom is -0.381 e. The Kier molecular flexibility index (Phi) is 5.82. The van der Waals surface area contributed by atoms with Crippen LogP contribution in [0, 0.1) is 0 Å². The monoisotopic (exact) mass is 453 g/mol. The molecule has 2 amide bonds. The number of anilines is 1. The largest absolute Gasteiger partial charge is 0.381 e. The van der Waals surface area contributed by atoms with Gasteiger partial charge in [-0.15, -0.1) is 0 Å². The molecule has 2 fully saturated rings. The van der Waals surface area contributed by atoms with Gasteiger partial charge in [-0.1, -0.05) is 29.8 Å². The van der Waals surface area contributed by atoms with Gasteiger partial charge < -0.3 is 19.4 Å². The molecule has 2 aromatic carbocycles. The lowest BCUT2D eigenvalue weighted by atomic mass is 9.84. The molecule has 0 saturated carbocycles. The summed E-state index contributed by atoms with van der Waals surface area (Å²) < 4.78 is 5.62. The van der Waals surface area contributed by atoms with Crippen molar-refractivity contribution in [3.8, 4) is 0 Å². The number of halogens is 1. The summed E-state index contributed by atoms with van der Waals surface area (Å²) in [7, 11) is 0. The summed E-state index contributed by atoms with van der Waals surface area (Å²) in [4.78, 5) is 32.8. The van der Waals surface area contributed by atoms with Gasteiger partial charge in [-0.05, 0) is 48.7 Å². The Morgan fingerprint density at radius 1 is 0.969 bits per heavy atom. The molecular formula is C25H28ClN3O3. The second-order valence-electron chi connectivity index (χ2n) is 8.91. The summed E-state index contributed by atoms with van der Waals surface area (Å²) >= 11 is 6.01. The zero-order valence-corrected chi connectivity index (χ0v) is 18.9. The van der Waals surface area contributed by atoms with Crippen LogP contribution in [0.4, 0.5) is 5.69 Å². The molecule has 168 valence electrons. The zero-order chi connectivity index (χ0) is 22.1. The molecule has 2 saturated heterocycles. The Morgan fingerprint density at radius 2 is 1.66 bits per heavy atom. The molecule has 0 unspecified atom stereocenters. The molecule has 3 aliphatic heterocycles. The van der Waals surface area contributed by atoms with Crippen LogP contribution in [0.2, 0.25) is 5.02 Å². The number of carbonyl (C=O) groups excluding carboxylic acids is 2. The van der Waals surface area contributed by atoms with Gasteiger partial charge in [-0.25, -0.2) is 0 Å². The maximum atomic E-state index is 13.4. The lowest BCUT2D eigenvalue weighted by Gasteiger charge is -2.45. The number of amides is 2. The van der Waals surface area contributed by atoms with E-state index in [-0.39, 0.29) is 11.8 Å². The van der Waals surface area contributed by atoms with Crippen molar-refractivity contribution in [2.45, 2.75) is 31.3 Å². The van der Waals surface area contributed by atoms with E-state index in [9.17, 15) is 9.59 Å². The Morgan fingerprint density at radius 3 is 2.34 bits per heavy atom. The van der Waals surface area contributed by atoms with Crippen LogP contribution in [0.5, 0.6) is 0 Å². The van der Waals surface area contributed by atoms with Crippen molar-refractivity contribution in [2.75, 3.05) is 44.3 Å². The molecule has 7 heteroatoms. The van der Waals surface area contributed by atoms with Gasteiger partial charge in [-0.3, -0.25) is 9.59 Å². The number of benzene rings is 2. The van der Waals surface area contributed by atoms with Crippen molar-refractivity contribution in [1.82, 2.24) is 9.80 Å². The van der Waals surface area contributed by atoms with Crippen molar-refractivity contribution in [2.24, 2.45) is 0 Å². The van der Waals surface area contributed by atoms with E-state index in [2.05, 4.69) is 4.90 Å². The maximum Gasteiger partial charge on any atom is 0.254 e. The highest BCUT2D eigenvalue weighted by molar-refractivity contribution is 6.30. The molecule has 0 N–H and O–H groups in total. The van der Waals surface area contributed by atoms with E-state index in [1.54, 1.807) is 0 Å². The van der Waals surface area contributed by atoms with E-state index < -0.39 is 5.54 Å². The van der Waals surface area contributed by atoms with Crippen LogP contribution < -0.4 is 4.90 Å². The van der Waals surface area contributed by atoms with E-state index in [0.29, 0.717) is 52.1 Å². The van der Waals surface area contributed by atoms with Crippen molar-refractivity contribution in [1.29, 1.82) is 0 Å². The number of piperazine rings is 1. The minimum absolute atomic E-state index is 0.0443. The standard InChI is InChI=1S/C25H28ClN3O3/c26-20-5-7-21(8-6-20)27-11-13-28(14-12-27)23(30)17-25(9-15-32-16-10-25)29-18-19-3-1-2-4-22(19)24(29)31/h1-8H,9-18H2. The number of carbonyl (C=O) groups is 2. The second-order valence-corrected chi connectivity index (χ2v) is 9.34. The van der Waals surface area contributed by atoms with Crippen LogP contribution in [0.1, 0.15) is 35.2 Å². The maximum absolute atomic E-state index is 13.4. The van der Waals surface area contributed by atoms with Crippen LogP contribution in [-0.4, -0.2) is 66.5 Å². The third-order valence-corrected chi connectivity index (χ3v) is 7.37. The van der Waals surface area contributed by atoms with E-state index in [1.807, 2.05) is 58.3 Å². The summed E-state index contributed by atoms with van der Waals surface area (Å²) in [6.45, 7) is 4.68. The highest BCUT2D eigenvalue weighted by atomic mass is 35.5. The predicted molar refractivity (Wildman–Crippen MR) is 124 cm³/mol. The second kappa shape index (κ2) is 8.75. The van der Waals surface area contributed by atoms with Crippen LogP contribution in [0.3, 0.4) is 0 Å². The molecule has 0 radical (unpaired) electrons. The van der Waals surface area contributed by atoms with Gasteiger partial charge in [-0.2, -0.15) is 0 Å². The average molecular weight is 454 g/mol. The fourth-order valence-electron chi connectivity index (χ4n) is 5.19. The first kappa shape index (κ1) is 21.3. The molecule has 6 nitrogen and oxygen atoms in total. The van der Waals surface area contributed by atoms with Crippen LogP contribution >= 0.6 is 11.6 Å². The molecule has 3 heterocycles. The lowest BCUT2D eigenvalue weighted by Crippen LogP contribution is -2.56. The molecule has 0 atom stereocenters. The summed E-state index contributed by atoms with van der Waals surface area (Å²) in [6, 6.07) is 15.6. The number of fused-ring (bicyclic) bond motifs is 1. The van der Waals surface area contributed by atoms with Gasteiger partial charge in [0.25, 0.3) is 5.91 Å². The fraction of sp³-hybridized carbons (Fsp3) is 0.440. The topological polar surface area (TPSA) is 53.1 Å². The first-order valence-corrected chi connectivity index (χ1v) is 11.7. The van der Waals surface area contributed by atoms with Crippen LogP contribution in [0.15, 0.2) is 48.5 Å². The van der Waals surface area contributed by atoms with Crippen LogP contribution in [-0.2, 0) is 16.1 Å². The minimum atomic E-state index is -0.473. The molecule has 32 heavy (non-hydrogen) atoms. The normalized spacial score (nSPS) is 20.4. The smallest absolute Gasteiger partial charge is 0.254 e. The van der Waals surface area contributed by atoms with E-state index in [0.717, 1.165) is 34.9 Å². The van der Waals surface area contributed by atoms with Gasteiger partial charge >= 0.3 is 0 Å². The van der Waals surface area contributed by atoms with Gasteiger partial charge in [0.2, 0.25) is 5.91 Å². The Bertz CT molecular complexity index is 996. The molecule has 0 spiro atoms. The zero-order valence-electron chi connectivity index (χ0n) is 18.1. The Hall–Kier alpha value is -2.57. The fourth-order valence-corrected chi connectivity index (χ4v) is 5.32. The predicted octanol–water partition coefficient (Wildman–Crippen LogP) is 3.58. The van der Waals surface area contributed by atoms with E-state index in [1.165, 1.54) is 0 Å². The SMILES string of the molecule is O=C(CC1(N2Cc3ccccc3C2=O)CCOCC1)N1CCN(c2ccc(Cl)cc2)CC1. The third kappa shape index (κ3) is 3.97. The molecule has 5 rings (SSSR count). The lowest BCUT2D eigenvalue weighted by molar-refractivity contribution is -0.136. The van der Waals surface area contributed by atoms with E-state index >= 15 is 0 Å². The summed E-state index contributed by atoms with van der Waals surface area (Å²) in [5.41, 5.74) is 2.47. The van der Waals surface area contributed by atoms with Crippen molar-refractivity contribution < 1.29 is 14.3 Å². The number of hydrogen-bond donors (Lipinski definition) is 0. The quantitative estimate of drug-likeness (QED) is 0.710. The number of rotatable bonds is 4. The number of hydrogen-bond acceptors (Lipinski definition) is 4. The first-order valence-electron chi connectivity index (χ1n) is 11.3. The Balaban J connectivity index is 1.27. The summed E-state index contributed by atoms with van der Waals surface area (Å²) in [6.07, 6.45) is 1.75. The number of ether oxygens (including phenoxy) is 1. The molecule has 0 aliphatic carbocycles. The molecule has 3 aliphatic rings. The van der Waals surface area contributed by atoms with Gasteiger partial charge in [0, 0.05) is 62.2 Å². The van der Waals surface area contributed by atoms with Gasteiger partial charge in [0.15, 0.2) is 0 Å². The average Bonchev–Trinajstić information content (AvgIpc) is 3.18. The number of nitrogens with zero attached hydrogens (tertiary/aromatic N) is 3. The first-order chi connectivity index (χ1) is 15.6. The molecular weight excluding hydrogens is 426 g/mol. The molecule has 2 aromatic rings.